The molecule has 0 spiro atoms. The van der Waals surface area contributed by atoms with Gasteiger partial charge in [-0.05, 0) is 6.42 Å². The highest BCUT2D eigenvalue weighted by molar-refractivity contribution is 5.89. The molecule has 3 fully saturated rings. The molecule has 8 nitrogen and oxygen atoms in total. The van der Waals surface area contributed by atoms with E-state index in [4.69, 9.17) is 4.74 Å². The van der Waals surface area contributed by atoms with E-state index >= 15 is 0 Å². The van der Waals surface area contributed by atoms with Crippen molar-refractivity contribution in [3.05, 3.63) is 0 Å². The second-order valence-electron chi connectivity index (χ2n) is 6.94. The first-order valence-electron chi connectivity index (χ1n) is 9.28. The van der Waals surface area contributed by atoms with Crippen LogP contribution in [0.15, 0.2) is 0 Å². The molecule has 4 amide bonds. The molecule has 1 atom stereocenters. The number of rotatable bonds is 3. The van der Waals surface area contributed by atoms with Gasteiger partial charge in [-0.25, -0.2) is 4.79 Å². The first-order valence-corrected chi connectivity index (χ1v) is 9.28. The van der Waals surface area contributed by atoms with Crippen LogP contribution in [0.5, 0.6) is 0 Å². The minimum absolute atomic E-state index is 0.0422. The van der Waals surface area contributed by atoms with Crippen molar-refractivity contribution in [1.29, 1.82) is 0 Å². The lowest BCUT2D eigenvalue weighted by Gasteiger charge is -2.39. The lowest BCUT2D eigenvalue weighted by molar-refractivity contribution is -0.137. The number of hydrogen-bond acceptors (Lipinski definition) is 4. The number of urea groups is 1. The standard InChI is InChI=1S/C17H28N4O4/c1-2-3-21-13-14(12-15(21)22)16(23)18-4-6-19(7-5-18)17(24)20-8-10-25-11-9-20/h14H,2-13H2,1H3. The van der Waals surface area contributed by atoms with Gasteiger partial charge in [-0.2, -0.15) is 0 Å². The van der Waals surface area contributed by atoms with Gasteiger partial charge in [-0.1, -0.05) is 6.92 Å². The number of hydrogen-bond donors (Lipinski definition) is 0. The number of piperazine rings is 1. The fraction of sp³-hybridized carbons (Fsp3) is 0.824. The van der Waals surface area contributed by atoms with Crippen LogP contribution in [0.25, 0.3) is 0 Å². The molecule has 0 saturated carbocycles. The Morgan fingerprint density at radius 2 is 1.60 bits per heavy atom. The van der Waals surface area contributed by atoms with Gasteiger partial charge in [0.15, 0.2) is 0 Å². The topological polar surface area (TPSA) is 73.4 Å². The molecule has 0 aromatic carbocycles. The normalized spacial score (nSPS) is 24.8. The maximum absolute atomic E-state index is 12.7. The third kappa shape index (κ3) is 4.05. The molecule has 3 saturated heterocycles. The molecule has 0 aliphatic carbocycles. The number of carbonyl (C=O) groups excluding carboxylic acids is 3. The van der Waals surface area contributed by atoms with Gasteiger partial charge in [-0.3, -0.25) is 9.59 Å². The number of amides is 4. The van der Waals surface area contributed by atoms with Gasteiger partial charge < -0.3 is 24.3 Å². The van der Waals surface area contributed by atoms with E-state index in [-0.39, 0.29) is 23.8 Å². The maximum Gasteiger partial charge on any atom is 0.320 e. The number of likely N-dealkylation sites (tertiary alicyclic amines) is 1. The number of morpholine rings is 1. The molecule has 1 unspecified atom stereocenters. The van der Waals surface area contributed by atoms with E-state index in [1.54, 1.807) is 4.90 Å². The van der Waals surface area contributed by atoms with Crippen LogP contribution in [0, 0.1) is 5.92 Å². The molecule has 8 heteroatoms. The van der Waals surface area contributed by atoms with Crippen LogP contribution in [-0.2, 0) is 14.3 Å². The van der Waals surface area contributed by atoms with Gasteiger partial charge in [0.2, 0.25) is 11.8 Å². The van der Waals surface area contributed by atoms with E-state index < -0.39 is 0 Å². The second kappa shape index (κ2) is 8.03. The van der Waals surface area contributed by atoms with Crippen molar-refractivity contribution in [2.75, 3.05) is 65.6 Å². The Balaban J connectivity index is 1.48. The molecule has 0 aromatic rings. The molecule has 3 heterocycles. The summed E-state index contributed by atoms with van der Waals surface area (Å²) < 4.78 is 5.28. The molecule has 0 N–H and O–H groups in total. The molecule has 25 heavy (non-hydrogen) atoms. The zero-order valence-corrected chi connectivity index (χ0v) is 15.0. The predicted octanol–water partition coefficient (Wildman–Crippen LogP) is -0.159. The summed E-state index contributed by atoms with van der Waals surface area (Å²) >= 11 is 0. The molecule has 0 radical (unpaired) electrons. The molecular formula is C17H28N4O4. The number of ether oxygens (including phenoxy) is 1. The SMILES string of the molecule is CCCN1CC(C(=O)N2CCN(C(=O)N3CCOCC3)CC2)CC1=O. The Morgan fingerprint density at radius 3 is 2.24 bits per heavy atom. The van der Waals surface area contributed by atoms with Crippen molar-refractivity contribution in [1.82, 2.24) is 19.6 Å². The smallest absolute Gasteiger partial charge is 0.320 e. The summed E-state index contributed by atoms with van der Waals surface area (Å²) in [5.74, 6) is -0.0766. The van der Waals surface area contributed by atoms with Gasteiger partial charge >= 0.3 is 6.03 Å². The van der Waals surface area contributed by atoms with Crippen LogP contribution >= 0.6 is 0 Å². The van der Waals surface area contributed by atoms with Crippen LogP contribution in [0.2, 0.25) is 0 Å². The molecule has 3 rings (SSSR count). The first kappa shape index (κ1) is 18.0. The summed E-state index contributed by atoms with van der Waals surface area (Å²) in [6, 6.07) is 0.0422. The summed E-state index contributed by atoms with van der Waals surface area (Å²) in [6.45, 7) is 7.96. The summed E-state index contributed by atoms with van der Waals surface area (Å²) in [5.41, 5.74) is 0. The van der Waals surface area contributed by atoms with E-state index in [0.717, 1.165) is 13.0 Å². The molecule has 3 aliphatic heterocycles. The third-order valence-electron chi connectivity index (χ3n) is 5.20. The Kier molecular flexibility index (Phi) is 5.78. The zero-order chi connectivity index (χ0) is 17.8. The van der Waals surface area contributed by atoms with Gasteiger partial charge in [-0.15, -0.1) is 0 Å². The lowest BCUT2D eigenvalue weighted by atomic mass is 10.1. The second-order valence-corrected chi connectivity index (χ2v) is 6.94. The maximum atomic E-state index is 12.7. The molecule has 3 aliphatic rings. The van der Waals surface area contributed by atoms with Crippen molar-refractivity contribution in [3.63, 3.8) is 0 Å². The summed E-state index contributed by atoms with van der Waals surface area (Å²) in [4.78, 5) is 44.4. The van der Waals surface area contributed by atoms with Crippen LogP contribution in [0.1, 0.15) is 19.8 Å². The average Bonchev–Trinajstić information content (AvgIpc) is 3.02. The van der Waals surface area contributed by atoms with Crippen molar-refractivity contribution in [2.24, 2.45) is 5.92 Å². The highest BCUT2D eigenvalue weighted by atomic mass is 16.5. The number of carbonyl (C=O) groups is 3. The van der Waals surface area contributed by atoms with E-state index in [0.29, 0.717) is 65.4 Å². The molecule has 0 bridgehead atoms. The Bertz CT molecular complexity index is 513. The van der Waals surface area contributed by atoms with Crippen LogP contribution in [0.3, 0.4) is 0 Å². The van der Waals surface area contributed by atoms with Crippen molar-refractivity contribution in [3.8, 4) is 0 Å². The zero-order valence-electron chi connectivity index (χ0n) is 15.0. The van der Waals surface area contributed by atoms with E-state index in [1.165, 1.54) is 0 Å². The van der Waals surface area contributed by atoms with E-state index in [1.807, 2.05) is 21.6 Å². The predicted molar refractivity (Wildman–Crippen MR) is 90.9 cm³/mol. The van der Waals surface area contributed by atoms with Crippen molar-refractivity contribution < 1.29 is 19.1 Å². The van der Waals surface area contributed by atoms with E-state index in [2.05, 4.69) is 0 Å². The summed E-state index contributed by atoms with van der Waals surface area (Å²) in [7, 11) is 0. The lowest BCUT2D eigenvalue weighted by Crippen LogP contribution is -2.56. The molecule has 0 aromatic heterocycles. The monoisotopic (exact) mass is 352 g/mol. The van der Waals surface area contributed by atoms with Gasteiger partial charge in [0.05, 0.1) is 19.1 Å². The van der Waals surface area contributed by atoms with Gasteiger partial charge in [0, 0.05) is 58.8 Å². The minimum Gasteiger partial charge on any atom is -0.378 e. The average molecular weight is 352 g/mol. The highest BCUT2D eigenvalue weighted by Gasteiger charge is 2.37. The van der Waals surface area contributed by atoms with Crippen LogP contribution < -0.4 is 0 Å². The van der Waals surface area contributed by atoms with Crippen molar-refractivity contribution >= 4 is 17.8 Å². The minimum atomic E-state index is -0.222. The number of nitrogens with zero attached hydrogens (tertiary/aromatic N) is 4. The van der Waals surface area contributed by atoms with Crippen LogP contribution in [0.4, 0.5) is 4.79 Å². The Hall–Kier alpha value is -1.83. The Morgan fingerprint density at radius 1 is 1.00 bits per heavy atom. The van der Waals surface area contributed by atoms with E-state index in [9.17, 15) is 14.4 Å². The highest BCUT2D eigenvalue weighted by Crippen LogP contribution is 2.21. The molecule has 140 valence electrons. The summed E-state index contributed by atoms with van der Waals surface area (Å²) in [6.07, 6.45) is 1.24. The van der Waals surface area contributed by atoms with Gasteiger partial charge in [0.25, 0.3) is 0 Å². The van der Waals surface area contributed by atoms with Crippen LogP contribution in [-0.4, -0.2) is 103 Å². The largest absolute Gasteiger partial charge is 0.378 e. The Labute approximate surface area is 148 Å². The first-order chi connectivity index (χ1) is 12.1. The quantitative estimate of drug-likeness (QED) is 0.708. The fourth-order valence-electron chi connectivity index (χ4n) is 3.75. The van der Waals surface area contributed by atoms with Crippen molar-refractivity contribution in [2.45, 2.75) is 19.8 Å². The van der Waals surface area contributed by atoms with Gasteiger partial charge in [0.1, 0.15) is 0 Å². The fourth-order valence-corrected chi connectivity index (χ4v) is 3.75. The third-order valence-corrected chi connectivity index (χ3v) is 5.20. The molecular weight excluding hydrogens is 324 g/mol. The summed E-state index contributed by atoms with van der Waals surface area (Å²) in [5, 5.41) is 0.